The van der Waals surface area contributed by atoms with Crippen LogP contribution in [0.3, 0.4) is 0 Å². The summed E-state index contributed by atoms with van der Waals surface area (Å²) in [6, 6.07) is 16.4. The van der Waals surface area contributed by atoms with Gasteiger partial charge in [0.1, 0.15) is 11.5 Å². The quantitative estimate of drug-likeness (QED) is 0.616. The molecule has 3 aromatic rings. The lowest BCUT2D eigenvalue weighted by atomic mass is 9.92. The van der Waals surface area contributed by atoms with Gasteiger partial charge in [0.15, 0.2) is 9.84 Å². The smallest absolute Gasteiger partial charge is 0.251 e. The molecule has 0 spiro atoms. The van der Waals surface area contributed by atoms with Gasteiger partial charge in [-0.1, -0.05) is 29.8 Å². The molecule has 154 valence electrons. The number of nitrogens with one attached hydrogen (secondary N) is 1. The van der Waals surface area contributed by atoms with Gasteiger partial charge < -0.3 is 10.1 Å². The van der Waals surface area contributed by atoms with Crippen LogP contribution in [-0.4, -0.2) is 30.6 Å². The highest BCUT2D eigenvalue weighted by atomic mass is 35.5. The zero-order chi connectivity index (χ0) is 21.1. The number of rotatable bonds is 6. The topological polar surface area (TPSA) is 85.4 Å². The number of nitrogens with zero attached hydrogens (tertiary/aromatic N) is 1. The van der Waals surface area contributed by atoms with Gasteiger partial charge >= 0.3 is 0 Å². The molecule has 4 rings (SSSR count). The van der Waals surface area contributed by atoms with Crippen LogP contribution < -0.4 is 10.1 Å². The number of pyridine rings is 1. The molecule has 0 atom stereocenters. The Balaban J connectivity index is 1.36. The summed E-state index contributed by atoms with van der Waals surface area (Å²) >= 11 is 6.26. The van der Waals surface area contributed by atoms with Crippen molar-refractivity contribution in [3.05, 3.63) is 83.6 Å². The molecule has 2 aromatic carbocycles. The number of hydrogen-bond donors (Lipinski definition) is 1. The van der Waals surface area contributed by atoms with Gasteiger partial charge in [0.05, 0.1) is 15.2 Å². The van der Waals surface area contributed by atoms with E-state index in [1.807, 2.05) is 0 Å². The predicted octanol–water partition coefficient (Wildman–Crippen LogP) is 4.26. The Kier molecular flexibility index (Phi) is 5.74. The second-order valence-electron chi connectivity index (χ2n) is 7.05. The molecule has 6 nitrogen and oxygen atoms in total. The van der Waals surface area contributed by atoms with Crippen molar-refractivity contribution in [2.45, 2.75) is 29.0 Å². The average Bonchev–Trinajstić information content (AvgIpc) is 2.73. The number of carbonyl (C=O) groups is 1. The number of benzene rings is 2. The summed E-state index contributed by atoms with van der Waals surface area (Å²) in [7, 11) is -3.37. The van der Waals surface area contributed by atoms with Crippen molar-refractivity contribution in [2.75, 3.05) is 0 Å². The van der Waals surface area contributed by atoms with Gasteiger partial charge in [-0.25, -0.2) is 8.42 Å². The number of amides is 1. The molecular formula is C22H19ClN2O4S. The van der Waals surface area contributed by atoms with Crippen LogP contribution in [0.15, 0.2) is 78.0 Å². The summed E-state index contributed by atoms with van der Waals surface area (Å²) < 4.78 is 30.9. The van der Waals surface area contributed by atoms with Crippen molar-refractivity contribution < 1.29 is 17.9 Å². The minimum atomic E-state index is -3.37. The summed E-state index contributed by atoms with van der Waals surface area (Å²) in [4.78, 5) is 16.8. The van der Waals surface area contributed by atoms with Crippen LogP contribution in [0.4, 0.5) is 0 Å². The van der Waals surface area contributed by atoms with E-state index >= 15 is 0 Å². The fourth-order valence-corrected chi connectivity index (χ4v) is 5.38. The molecule has 1 saturated carbocycles. The second-order valence-corrected chi connectivity index (χ2v) is 9.69. The summed E-state index contributed by atoms with van der Waals surface area (Å²) in [6.45, 7) is 0. The number of sulfone groups is 1. The van der Waals surface area contributed by atoms with E-state index in [-0.39, 0.29) is 11.9 Å². The molecule has 1 aromatic heterocycles. The van der Waals surface area contributed by atoms with Crippen LogP contribution in [0, 0.1) is 0 Å². The van der Waals surface area contributed by atoms with Gasteiger partial charge in [-0.3, -0.25) is 9.78 Å². The first-order valence-corrected chi connectivity index (χ1v) is 11.3. The molecule has 0 saturated heterocycles. The fraction of sp³-hybridized carbons (Fsp3) is 0.182. The molecule has 1 amide bonds. The molecular weight excluding hydrogens is 424 g/mol. The largest absolute Gasteiger partial charge is 0.456 e. The van der Waals surface area contributed by atoms with Gasteiger partial charge in [0, 0.05) is 24.0 Å². The molecule has 0 unspecified atom stereocenters. The molecule has 1 heterocycles. The van der Waals surface area contributed by atoms with Crippen LogP contribution in [0.1, 0.15) is 23.2 Å². The summed E-state index contributed by atoms with van der Waals surface area (Å²) in [5.74, 6) is 0.717. The molecule has 1 aliphatic rings. The lowest BCUT2D eigenvalue weighted by Gasteiger charge is -2.35. The number of aromatic nitrogens is 1. The van der Waals surface area contributed by atoms with Crippen molar-refractivity contribution >= 4 is 27.3 Å². The first-order chi connectivity index (χ1) is 14.4. The van der Waals surface area contributed by atoms with E-state index in [9.17, 15) is 13.2 Å². The number of ether oxygens (including phenoxy) is 1. The number of carbonyl (C=O) groups excluding carboxylic acids is 1. The zero-order valence-corrected chi connectivity index (χ0v) is 17.4. The van der Waals surface area contributed by atoms with Crippen LogP contribution in [0.25, 0.3) is 0 Å². The summed E-state index contributed by atoms with van der Waals surface area (Å²) in [6.07, 6.45) is 3.99. The first-order valence-electron chi connectivity index (χ1n) is 9.41. The lowest BCUT2D eigenvalue weighted by Crippen LogP contribution is -2.49. The van der Waals surface area contributed by atoms with E-state index in [0.717, 1.165) is 0 Å². The molecule has 1 aliphatic carbocycles. The highest BCUT2D eigenvalue weighted by Crippen LogP contribution is 2.33. The van der Waals surface area contributed by atoms with Crippen molar-refractivity contribution in [3.8, 4) is 11.5 Å². The van der Waals surface area contributed by atoms with Gasteiger partial charge in [-0.05, 0) is 55.3 Å². The molecule has 0 radical (unpaired) electrons. The zero-order valence-electron chi connectivity index (χ0n) is 15.9. The Morgan fingerprint density at radius 3 is 2.40 bits per heavy atom. The lowest BCUT2D eigenvalue weighted by molar-refractivity contribution is 0.0917. The number of hydrogen-bond acceptors (Lipinski definition) is 5. The third-order valence-electron chi connectivity index (χ3n) is 5.01. The molecule has 8 heteroatoms. The van der Waals surface area contributed by atoms with E-state index in [1.54, 1.807) is 67.0 Å². The summed E-state index contributed by atoms with van der Waals surface area (Å²) in [5, 5.41) is 2.69. The monoisotopic (exact) mass is 442 g/mol. The maximum Gasteiger partial charge on any atom is 0.251 e. The average molecular weight is 443 g/mol. The van der Waals surface area contributed by atoms with Crippen LogP contribution in [0.2, 0.25) is 5.02 Å². The molecule has 30 heavy (non-hydrogen) atoms. The van der Waals surface area contributed by atoms with Crippen LogP contribution in [0.5, 0.6) is 11.5 Å². The van der Waals surface area contributed by atoms with E-state index in [0.29, 0.717) is 39.8 Å². The third-order valence-corrected chi connectivity index (χ3v) is 7.50. The van der Waals surface area contributed by atoms with E-state index in [4.69, 9.17) is 16.3 Å². The summed E-state index contributed by atoms with van der Waals surface area (Å²) in [5.41, 5.74) is 0.386. The maximum absolute atomic E-state index is 12.6. The SMILES string of the molecule is O=C(NC1CC(S(=O)(=O)c2ccccc2)C1)c1ccc(Oc2ccncc2)c(Cl)c1. The van der Waals surface area contributed by atoms with Gasteiger partial charge in [0.2, 0.25) is 0 Å². The highest BCUT2D eigenvalue weighted by molar-refractivity contribution is 7.92. The van der Waals surface area contributed by atoms with Crippen molar-refractivity contribution in [1.29, 1.82) is 0 Å². The third kappa shape index (κ3) is 4.32. The Labute approximate surface area is 179 Å². The minimum Gasteiger partial charge on any atom is -0.456 e. The van der Waals surface area contributed by atoms with Gasteiger partial charge in [0.25, 0.3) is 5.91 Å². The van der Waals surface area contributed by atoms with E-state index < -0.39 is 15.1 Å². The standard InChI is InChI=1S/C22H19ClN2O4S/c23-20-12-15(6-7-21(20)29-17-8-10-24-11-9-17)22(26)25-16-13-19(14-16)30(27,28)18-4-2-1-3-5-18/h1-12,16,19H,13-14H2,(H,25,26). The van der Waals surface area contributed by atoms with E-state index in [1.165, 1.54) is 6.07 Å². The molecule has 1 N–H and O–H groups in total. The number of halogens is 1. The maximum atomic E-state index is 12.6. The van der Waals surface area contributed by atoms with Gasteiger partial charge in [-0.15, -0.1) is 0 Å². The Morgan fingerprint density at radius 2 is 1.73 bits per heavy atom. The van der Waals surface area contributed by atoms with E-state index in [2.05, 4.69) is 10.3 Å². The first kappa shape index (κ1) is 20.4. The van der Waals surface area contributed by atoms with Crippen LogP contribution in [-0.2, 0) is 9.84 Å². The van der Waals surface area contributed by atoms with Gasteiger partial charge in [-0.2, -0.15) is 0 Å². The molecule has 1 fully saturated rings. The Bertz CT molecular complexity index is 1150. The Morgan fingerprint density at radius 1 is 1.03 bits per heavy atom. The molecule has 0 bridgehead atoms. The molecule has 0 aliphatic heterocycles. The predicted molar refractivity (Wildman–Crippen MR) is 114 cm³/mol. The van der Waals surface area contributed by atoms with Crippen molar-refractivity contribution in [2.24, 2.45) is 0 Å². The fourth-order valence-electron chi connectivity index (χ4n) is 3.27. The van der Waals surface area contributed by atoms with Crippen LogP contribution >= 0.6 is 11.6 Å². The highest BCUT2D eigenvalue weighted by Gasteiger charge is 2.40. The second kappa shape index (κ2) is 8.45. The van der Waals surface area contributed by atoms with Crippen molar-refractivity contribution in [1.82, 2.24) is 10.3 Å². The minimum absolute atomic E-state index is 0.187. The normalized spacial score (nSPS) is 18.3. The van der Waals surface area contributed by atoms with Crippen molar-refractivity contribution in [3.63, 3.8) is 0 Å². The Hall–Kier alpha value is -2.90.